The third-order valence-electron chi connectivity index (χ3n) is 3.76. The van der Waals surface area contributed by atoms with E-state index in [1.54, 1.807) is 25.1 Å². The van der Waals surface area contributed by atoms with E-state index in [1.807, 2.05) is 25.1 Å². The fourth-order valence-electron chi connectivity index (χ4n) is 2.51. The van der Waals surface area contributed by atoms with Crippen LogP contribution < -0.4 is 21.2 Å². The summed E-state index contributed by atoms with van der Waals surface area (Å²) in [6, 6.07) is 12.0. The van der Waals surface area contributed by atoms with Crippen LogP contribution >= 0.6 is 0 Å². The van der Waals surface area contributed by atoms with Gasteiger partial charge in [-0.3, -0.25) is 24.6 Å². The second-order valence-corrected chi connectivity index (χ2v) is 5.70. The first-order chi connectivity index (χ1) is 12.0. The van der Waals surface area contributed by atoms with E-state index in [0.717, 1.165) is 5.56 Å². The summed E-state index contributed by atoms with van der Waals surface area (Å²) >= 11 is 0. The molecule has 0 saturated carbocycles. The molecule has 1 unspecified atom stereocenters. The predicted molar refractivity (Wildman–Crippen MR) is 95.1 cm³/mol. The van der Waals surface area contributed by atoms with Crippen LogP contribution in [0.15, 0.2) is 52.1 Å². The number of aromatic nitrogens is 2. The zero-order chi connectivity index (χ0) is 18.0. The fourth-order valence-corrected chi connectivity index (χ4v) is 2.51. The quantitative estimate of drug-likeness (QED) is 0.675. The van der Waals surface area contributed by atoms with E-state index in [1.165, 1.54) is 6.07 Å². The van der Waals surface area contributed by atoms with Crippen LogP contribution in [0.3, 0.4) is 0 Å². The summed E-state index contributed by atoms with van der Waals surface area (Å²) in [6.45, 7) is 3.54. The molecular weight excluding hydrogens is 322 g/mol. The number of nitrogens with one attached hydrogen (secondary N) is 3. The molecule has 0 fully saturated rings. The molecule has 0 bridgehead atoms. The molecule has 1 amide bonds. The molecule has 0 radical (unpaired) electrons. The van der Waals surface area contributed by atoms with Gasteiger partial charge in [-0.15, -0.1) is 0 Å². The monoisotopic (exact) mass is 339 g/mol. The Bertz CT molecular complexity index is 1050. The number of amides is 1. The van der Waals surface area contributed by atoms with Crippen LogP contribution in [-0.2, 0) is 4.79 Å². The topological polar surface area (TPSA) is 104 Å². The van der Waals surface area contributed by atoms with Crippen LogP contribution in [0.2, 0.25) is 0 Å². The van der Waals surface area contributed by atoms with Crippen LogP contribution in [0, 0.1) is 6.92 Å². The second-order valence-electron chi connectivity index (χ2n) is 5.70. The summed E-state index contributed by atoms with van der Waals surface area (Å²) in [5.74, 6) is 0.156. The zero-order valence-electron chi connectivity index (χ0n) is 13.8. The molecule has 128 valence electrons. The standard InChI is InChI=1S/C18H17N3O4/c1-10-5-3-6-12(9-10)25-11(2)16(22)19-14-8-4-7-13-15(14)18(24)21-20-17(13)23/h3-9,11H,1-2H3,(H,19,22)(H,20,23)(H,21,24). The Labute approximate surface area is 142 Å². The highest BCUT2D eigenvalue weighted by atomic mass is 16.5. The first-order valence-corrected chi connectivity index (χ1v) is 7.73. The van der Waals surface area contributed by atoms with Crippen molar-refractivity contribution in [2.24, 2.45) is 0 Å². The van der Waals surface area contributed by atoms with E-state index in [-0.39, 0.29) is 16.5 Å². The Morgan fingerprint density at radius 2 is 1.80 bits per heavy atom. The molecule has 3 aromatic rings. The number of aromatic amines is 2. The lowest BCUT2D eigenvalue weighted by molar-refractivity contribution is -0.122. The third kappa shape index (κ3) is 3.45. The highest BCUT2D eigenvalue weighted by Gasteiger charge is 2.17. The SMILES string of the molecule is Cc1cccc(OC(C)C(=O)Nc2cccc3c(=O)[nH][nH]c(=O)c23)c1. The summed E-state index contributed by atoms with van der Waals surface area (Å²) in [5, 5.41) is 7.49. The van der Waals surface area contributed by atoms with Crippen LogP contribution in [0.1, 0.15) is 12.5 Å². The number of hydrogen-bond acceptors (Lipinski definition) is 4. The van der Waals surface area contributed by atoms with Crippen molar-refractivity contribution in [2.45, 2.75) is 20.0 Å². The molecule has 1 atom stereocenters. The van der Waals surface area contributed by atoms with Crippen LogP contribution in [0.25, 0.3) is 10.8 Å². The minimum absolute atomic E-state index is 0.127. The average molecular weight is 339 g/mol. The number of rotatable bonds is 4. The van der Waals surface area contributed by atoms with E-state index in [9.17, 15) is 14.4 Å². The summed E-state index contributed by atoms with van der Waals surface area (Å²) < 4.78 is 5.63. The maximum absolute atomic E-state index is 12.4. The van der Waals surface area contributed by atoms with Crippen molar-refractivity contribution in [2.75, 3.05) is 5.32 Å². The number of anilines is 1. The molecule has 2 aromatic carbocycles. The number of H-pyrrole nitrogens is 2. The van der Waals surface area contributed by atoms with E-state index in [4.69, 9.17) is 4.74 Å². The summed E-state index contributed by atoms with van der Waals surface area (Å²) in [4.78, 5) is 36.2. The summed E-state index contributed by atoms with van der Waals surface area (Å²) in [6.07, 6.45) is -0.780. The van der Waals surface area contributed by atoms with Gasteiger partial charge < -0.3 is 10.1 Å². The normalized spacial score (nSPS) is 11.9. The van der Waals surface area contributed by atoms with E-state index >= 15 is 0 Å². The van der Waals surface area contributed by atoms with Gasteiger partial charge in [0.25, 0.3) is 17.0 Å². The predicted octanol–water partition coefficient (Wildman–Crippen LogP) is 1.93. The number of benzene rings is 2. The largest absolute Gasteiger partial charge is 0.481 e. The summed E-state index contributed by atoms with van der Waals surface area (Å²) in [5.41, 5.74) is 0.354. The van der Waals surface area contributed by atoms with Crippen molar-refractivity contribution in [1.82, 2.24) is 10.2 Å². The Kier molecular flexibility index (Phi) is 4.38. The highest BCUT2D eigenvalue weighted by molar-refractivity contribution is 6.02. The van der Waals surface area contributed by atoms with Crippen molar-refractivity contribution in [3.05, 3.63) is 68.7 Å². The molecule has 3 rings (SSSR count). The zero-order valence-corrected chi connectivity index (χ0v) is 13.8. The minimum atomic E-state index is -0.780. The Hall–Kier alpha value is -3.35. The van der Waals surface area contributed by atoms with Crippen molar-refractivity contribution in [3.8, 4) is 5.75 Å². The Morgan fingerprint density at radius 3 is 2.56 bits per heavy atom. The van der Waals surface area contributed by atoms with Gasteiger partial charge in [0.15, 0.2) is 6.10 Å². The lowest BCUT2D eigenvalue weighted by Crippen LogP contribution is -2.31. The molecule has 0 aliphatic rings. The molecule has 3 N–H and O–H groups in total. The molecular formula is C18H17N3O4. The number of aryl methyl sites for hydroxylation is 1. The maximum atomic E-state index is 12.4. The maximum Gasteiger partial charge on any atom is 0.272 e. The van der Waals surface area contributed by atoms with Crippen LogP contribution in [0.4, 0.5) is 5.69 Å². The number of carbonyl (C=O) groups excluding carboxylic acids is 1. The van der Waals surface area contributed by atoms with E-state index in [0.29, 0.717) is 5.75 Å². The minimum Gasteiger partial charge on any atom is -0.481 e. The van der Waals surface area contributed by atoms with Crippen molar-refractivity contribution >= 4 is 22.4 Å². The molecule has 1 aromatic heterocycles. The molecule has 1 heterocycles. The van der Waals surface area contributed by atoms with Gasteiger partial charge >= 0.3 is 0 Å². The van der Waals surface area contributed by atoms with Gasteiger partial charge in [0.1, 0.15) is 5.75 Å². The fraction of sp³-hybridized carbons (Fsp3) is 0.167. The molecule has 0 aliphatic heterocycles. The van der Waals surface area contributed by atoms with Crippen molar-refractivity contribution < 1.29 is 9.53 Å². The average Bonchev–Trinajstić information content (AvgIpc) is 2.58. The van der Waals surface area contributed by atoms with Gasteiger partial charge in [-0.25, -0.2) is 0 Å². The highest BCUT2D eigenvalue weighted by Crippen LogP contribution is 2.18. The van der Waals surface area contributed by atoms with Crippen LogP contribution in [-0.4, -0.2) is 22.2 Å². The van der Waals surface area contributed by atoms with Gasteiger partial charge in [-0.1, -0.05) is 18.2 Å². The van der Waals surface area contributed by atoms with Gasteiger partial charge in [-0.2, -0.15) is 0 Å². The molecule has 25 heavy (non-hydrogen) atoms. The molecule has 0 aliphatic carbocycles. The van der Waals surface area contributed by atoms with Crippen molar-refractivity contribution in [1.29, 1.82) is 0 Å². The lowest BCUT2D eigenvalue weighted by atomic mass is 10.1. The lowest BCUT2D eigenvalue weighted by Gasteiger charge is -2.15. The Morgan fingerprint density at radius 1 is 1.08 bits per heavy atom. The molecule has 0 spiro atoms. The number of carbonyl (C=O) groups is 1. The number of fused-ring (bicyclic) bond motifs is 1. The number of hydrogen-bond donors (Lipinski definition) is 3. The first kappa shape index (κ1) is 16.5. The van der Waals surface area contributed by atoms with E-state index < -0.39 is 23.1 Å². The first-order valence-electron chi connectivity index (χ1n) is 7.73. The third-order valence-corrected chi connectivity index (χ3v) is 3.76. The van der Waals surface area contributed by atoms with E-state index in [2.05, 4.69) is 15.5 Å². The van der Waals surface area contributed by atoms with Crippen LogP contribution in [0.5, 0.6) is 5.75 Å². The molecule has 7 heteroatoms. The summed E-state index contributed by atoms with van der Waals surface area (Å²) in [7, 11) is 0. The van der Waals surface area contributed by atoms with Gasteiger partial charge in [0, 0.05) is 0 Å². The van der Waals surface area contributed by atoms with Gasteiger partial charge in [0.05, 0.1) is 16.5 Å². The number of ether oxygens (including phenoxy) is 1. The second kappa shape index (κ2) is 6.64. The van der Waals surface area contributed by atoms with Crippen molar-refractivity contribution in [3.63, 3.8) is 0 Å². The molecule has 0 saturated heterocycles. The van der Waals surface area contributed by atoms with Gasteiger partial charge in [0.2, 0.25) is 0 Å². The smallest absolute Gasteiger partial charge is 0.272 e. The van der Waals surface area contributed by atoms with Gasteiger partial charge in [-0.05, 0) is 43.7 Å². The Balaban J connectivity index is 1.86. The molecule has 7 nitrogen and oxygen atoms in total.